The van der Waals surface area contributed by atoms with Crippen molar-refractivity contribution in [3.8, 4) is 11.5 Å². The van der Waals surface area contributed by atoms with Crippen molar-refractivity contribution < 1.29 is 32.6 Å². The lowest BCUT2D eigenvalue weighted by Crippen LogP contribution is -2.30. The number of fused-ring (bicyclic) bond motifs is 1. The van der Waals surface area contributed by atoms with E-state index in [4.69, 9.17) is 14.2 Å². The van der Waals surface area contributed by atoms with Gasteiger partial charge < -0.3 is 19.5 Å². The number of carbonyl (C=O) groups excluding carboxylic acids is 2. The molecule has 28 heavy (non-hydrogen) atoms. The van der Waals surface area contributed by atoms with Crippen LogP contribution in [0.25, 0.3) is 6.08 Å². The Morgan fingerprint density at radius 3 is 2.50 bits per heavy atom. The highest BCUT2D eigenvalue weighted by atomic mass is 19.1. The predicted molar refractivity (Wildman–Crippen MR) is 97.0 cm³/mol. The Morgan fingerprint density at radius 1 is 1.11 bits per heavy atom. The minimum Gasteiger partial charge on any atom is -0.486 e. The van der Waals surface area contributed by atoms with Gasteiger partial charge in [0.25, 0.3) is 5.91 Å². The first-order valence-electron chi connectivity index (χ1n) is 8.47. The van der Waals surface area contributed by atoms with E-state index in [1.807, 2.05) is 0 Å². The first-order valence-corrected chi connectivity index (χ1v) is 8.47. The van der Waals surface area contributed by atoms with Gasteiger partial charge in [0.05, 0.1) is 0 Å². The summed E-state index contributed by atoms with van der Waals surface area (Å²) in [7, 11) is 0. The van der Waals surface area contributed by atoms with Crippen LogP contribution < -0.4 is 14.8 Å². The third-order valence-electron chi connectivity index (χ3n) is 3.85. The summed E-state index contributed by atoms with van der Waals surface area (Å²) >= 11 is 0. The highest BCUT2D eigenvalue weighted by molar-refractivity contribution is 5.96. The zero-order chi connectivity index (χ0) is 20.1. The van der Waals surface area contributed by atoms with Crippen molar-refractivity contribution >= 4 is 23.6 Å². The number of rotatable bonds is 5. The lowest BCUT2D eigenvalue weighted by atomic mass is 10.2. The highest BCUT2D eigenvalue weighted by Crippen LogP contribution is 2.31. The summed E-state index contributed by atoms with van der Waals surface area (Å²) in [4.78, 5) is 23.9. The van der Waals surface area contributed by atoms with Gasteiger partial charge in [0.15, 0.2) is 17.6 Å². The number of anilines is 1. The quantitative estimate of drug-likeness (QED) is 0.627. The largest absolute Gasteiger partial charge is 0.486 e. The van der Waals surface area contributed by atoms with Gasteiger partial charge in [0, 0.05) is 6.08 Å². The minimum absolute atomic E-state index is 0.442. The zero-order valence-corrected chi connectivity index (χ0v) is 14.9. The molecule has 1 aliphatic rings. The Morgan fingerprint density at radius 2 is 1.79 bits per heavy atom. The summed E-state index contributed by atoms with van der Waals surface area (Å²) in [6.45, 7) is 2.21. The molecule has 1 aliphatic heterocycles. The third-order valence-corrected chi connectivity index (χ3v) is 3.85. The summed E-state index contributed by atoms with van der Waals surface area (Å²) in [6.07, 6.45) is 1.37. The first-order chi connectivity index (χ1) is 13.4. The second-order valence-electron chi connectivity index (χ2n) is 5.90. The van der Waals surface area contributed by atoms with Crippen LogP contribution in [0.1, 0.15) is 12.5 Å². The molecule has 2 aromatic rings. The molecule has 1 heterocycles. The van der Waals surface area contributed by atoms with Gasteiger partial charge in [-0.3, -0.25) is 4.79 Å². The second kappa shape index (κ2) is 8.51. The minimum atomic E-state index is -1.25. The van der Waals surface area contributed by atoms with Crippen LogP contribution in [0.5, 0.6) is 11.5 Å². The molecule has 0 aliphatic carbocycles. The van der Waals surface area contributed by atoms with E-state index in [2.05, 4.69) is 5.32 Å². The van der Waals surface area contributed by atoms with Gasteiger partial charge >= 0.3 is 5.97 Å². The van der Waals surface area contributed by atoms with Crippen LogP contribution in [-0.2, 0) is 14.3 Å². The normalized spacial score (nSPS) is 13.8. The van der Waals surface area contributed by atoms with Crippen molar-refractivity contribution in [1.29, 1.82) is 0 Å². The molecular formula is C20H17F2NO5. The summed E-state index contributed by atoms with van der Waals surface area (Å²) in [5.41, 5.74) is 0.0777. The number of hydrogen-bond donors (Lipinski definition) is 1. The molecule has 0 fully saturated rings. The van der Waals surface area contributed by atoms with Crippen molar-refractivity contribution in [2.75, 3.05) is 18.5 Å². The number of halogens is 2. The zero-order valence-electron chi connectivity index (χ0n) is 14.9. The Kier molecular flexibility index (Phi) is 5.88. The van der Waals surface area contributed by atoms with Crippen molar-refractivity contribution in [2.24, 2.45) is 0 Å². The van der Waals surface area contributed by atoms with Gasteiger partial charge in [-0.25, -0.2) is 13.6 Å². The molecule has 1 N–H and O–H groups in total. The summed E-state index contributed by atoms with van der Waals surface area (Å²) in [5, 5.41) is 2.07. The van der Waals surface area contributed by atoms with Crippen molar-refractivity contribution in [1.82, 2.24) is 0 Å². The Bertz CT molecular complexity index is 909. The fourth-order valence-electron chi connectivity index (χ4n) is 2.44. The van der Waals surface area contributed by atoms with E-state index < -0.39 is 35.3 Å². The van der Waals surface area contributed by atoms with Gasteiger partial charge in [-0.15, -0.1) is 0 Å². The number of para-hydroxylation sites is 1. The molecule has 0 unspecified atom stereocenters. The first kappa shape index (κ1) is 19.3. The SMILES string of the molecule is C[C@H](OC(=O)/C=C/c1ccc2c(c1)OCCO2)C(=O)Nc1c(F)cccc1F. The van der Waals surface area contributed by atoms with Crippen LogP contribution in [0.15, 0.2) is 42.5 Å². The van der Waals surface area contributed by atoms with E-state index in [9.17, 15) is 18.4 Å². The average Bonchev–Trinajstić information content (AvgIpc) is 2.69. The molecule has 2 aromatic carbocycles. The second-order valence-corrected chi connectivity index (χ2v) is 5.90. The molecule has 8 heteroatoms. The fraction of sp³-hybridized carbons (Fsp3) is 0.200. The van der Waals surface area contributed by atoms with Gasteiger partial charge in [0.1, 0.15) is 30.5 Å². The molecule has 0 aromatic heterocycles. The number of nitrogens with one attached hydrogen (secondary N) is 1. The van der Waals surface area contributed by atoms with Crippen LogP contribution >= 0.6 is 0 Å². The molecule has 0 spiro atoms. The molecular weight excluding hydrogens is 372 g/mol. The standard InChI is InChI=1S/C20H17F2NO5/c1-12(20(25)23-19-14(21)3-2-4-15(19)22)28-18(24)8-6-13-5-7-16-17(11-13)27-10-9-26-16/h2-8,11-12H,9-10H2,1H3,(H,23,25)/b8-6+/t12-/m0/s1. The van der Waals surface area contributed by atoms with Crippen molar-refractivity contribution in [3.05, 3.63) is 59.7 Å². The van der Waals surface area contributed by atoms with Crippen LogP contribution in [0.2, 0.25) is 0 Å². The summed E-state index contributed by atoms with van der Waals surface area (Å²) < 4.78 is 43.0. The molecule has 3 rings (SSSR count). The summed E-state index contributed by atoms with van der Waals surface area (Å²) in [6, 6.07) is 8.34. The molecule has 0 saturated heterocycles. The van der Waals surface area contributed by atoms with Crippen molar-refractivity contribution in [3.63, 3.8) is 0 Å². The molecule has 0 radical (unpaired) electrons. The number of hydrogen-bond acceptors (Lipinski definition) is 5. The number of carbonyl (C=O) groups is 2. The molecule has 146 valence electrons. The molecule has 0 bridgehead atoms. The Balaban J connectivity index is 1.58. The fourth-order valence-corrected chi connectivity index (χ4v) is 2.44. The summed E-state index contributed by atoms with van der Waals surface area (Å²) in [5.74, 6) is -2.30. The lowest BCUT2D eigenvalue weighted by Gasteiger charge is -2.18. The average molecular weight is 389 g/mol. The third kappa shape index (κ3) is 4.64. The number of amides is 1. The van der Waals surface area contributed by atoms with Crippen LogP contribution in [0.4, 0.5) is 14.5 Å². The number of ether oxygens (including phenoxy) is 3. The number of benzene rings is 2. The van der Waals surface area contributed by atoms with E-state index in [0.29, 0.717) is 30.3 Å². The van der Waals surface area contributed by atoms with Crippen LogP contribution in [0.3, 0.4) is 0 Å². The number of esters is 1. The predicted octanol–water partition coefficient (Wildman–Crippen LogP) is 3.32. The van der Waals surface area contributed by atoms with Crippen LogP contribution in [-0.4, -0.2) is 31.2 Å². The van der Waals surface area contributed by atoms with Gasteiger partial charge in [-0.1, -0.05) is 12.1 Å². The van der Waals surface area contributed by atoms with Crippen molar-refractivity contribution in [2.45, 2.75) is 13.0 Å². The topological polar surface area (TPSA) is 73.9 Å². The molecule has 1 atom stereocenters. The van der Waals surface area contributed by atoms with Gasteiger partial charge in [-0.05, 0) is 42.8 Å². The van der Waals surface area contributed by atoms with Crippen LogP contribution in [0, 0.1) is 11.6 Å². The monoisotopic (exact) mass is 389 g/mol. The maximum absolute atomic E-state index is 13.6. The molecule has 1 amide bonds. The molecule has 0 saturated carbocycles. The van der Waals surface area contributed by atoms with E-state index in [1.165, 1.54) is 19.1 Å². The van der Waals surface area contributed by atoms with E-state index in [0.717, 1.165) is 18.2 Å². The highest BCUT2D eigenvalue weighted by Gasteiger charge is 2.20. The maximum Gasteiger partial charge on any atom is 0.331 e. The van der Waals surface area contributed by atoms with Gasteiger partial charge in [0.2, 0.25) is 0 Å². The van der Waals surface area contributed by atoms with E-state index in [1.54, 1.807) is 18.2 Å². The maximum atomic E-state index is 13.6. The van der Waals surface area contributed by atoms with Gasteiger partial charge in [-0.2, -0.15) is 0 Å². The van der Waals surface area contributed by atoms with E-state index in [-0.39, 0.29) is 0 Å². The smallest absolute Gasteiger partial charge is 0.331 e. The molecule has 6 nitrogen and oxygen atoms in total. The Hall–Kier alpha value is -3.42. The lowest BCUT2D eigenvalue weighted by molar-refractivity contribution is -0.148. The Labute approximate surface area is 159 Å². The van der Waals surface area contributed by atoms with E-state index >= 15 is 0 Å².